The Kier molecular flexibility index (Phi) is 5.35. The summed E-state index contributed by atoms with van der Waals surface area (Å²) >= 11 is 0. The highest BCUT2D eigenvalue weighted by molar-refractivity contribution is 6.18. The predicted octanol–water partition coefficient (Wildman–Crippen LogP) is 3.61. The quantitative estimate of drug-likeness (QED) is 0.725. The summed E-state index contributed by atoms with van der Waals surface area (Å²) in [5.41, 5.74) is 0.395. The number of carbonyl (C=O) groups is 4. The molecule has 7 nitrogen and oxygen atoms in total. The number of nitrogens with one attached hydrogen (secondary N) is 1. The maximum Gasteiger partial charge on any atom is 0.271 e. The van der Waals surface area contributed by atoms with E-state index in [9.17, 15) is 19.2 Å². The van der Waals surface area contributed by atoms with E-state index in [1.807, 2.05) is 6.92 Å². The number of fused-ring (bicyclic) bond motifs is 3. The maximum absolute atomic E-state index is 13.7. The minimum absolute atomic E-state index is 0.113. The van der Waals surface area contributed by atoms with Gasteiger partial charge in [-0.15, -0.1) is 0 Å². The van der Waals surface area contributed by atoms with Crippen molar-refractivity contribution in [3.63, 3.8) is 0 Å². The lowest BCUT2D eigenvalue weighted by Gasteiger charge is -2.49. The van der Waals surface area contributed by atoms with Crippen LogP contribution in [0.25, 0.3) is 0 Å². The van der Waals surface area contributed by atoms with Crippen molar-refractivity contribution < 1.29 is 19.2 Å². The van der Waals surface area contributed by atoms with Crippen LogP contribution in [0.3, 0.4) is 0 Å². The molecule has 1 atom stereocenters. The predicted molar refractivity (Wildman–Crippen MR) is 117 cm³/mol. The largest absolute Gasteiger partial charge is 0.322 e. The number of nitrogens with zero attached hydrogens (tertiary/aromatic N) is 2. The summed E-state index contributed by atoms with van der Waals surface area (Å²) in [5, 5.41) is 2.87. The molecule has 2 aromatic carbocycles. The minimum atomic E-state index is -1.43. The van der Waals surface area contributed by atoms with Crippen molar-refractivity contribution in [3.05, 3.63) is 59.7 Å². The van der Waals surface area contributed by atoms with E-state index in [4.69, 9.17) is 0 Å². The van der Waals surface area contributed by atoms with E-state index >= 15 is 0 Å². The Labute approximate surface area is 181 Å². The fourth-order valence-electron chi connectivity index (χ4n) is 4.45. The molecule has 7 heteroatoms. The van der Waals surface area contributed by atoms with Gasteiger partial charge in [0.15, 0.2) is 5.78 Å². The molecule has 0 unspecified atom stereocenters. The van der Waals surface area contributed by atoms with Gasteiger partial charge in [0.1, 0.15) is 0 Å². The molecule has 1 saturated heterocycles. The molecule has 0 bridgehead atoms. The fraction of sp³-hybridized carbons (Fsp3) is 0.333. The van der Waals surface area contributed by atoms with Crippen LogP contribution in [0.1, 0.15) is 60.2 Å². The van der Waals surface area contributed by atoms with Crippen molar-refractivity contribution in [1.29, 1.82) is 0 Å². The summed E-state index contributed by atoms with van der Waals surface area (Å²) < 4.78 is 0. The third kappa shape index (κ3) is 3.30. The first-order valence-electron chi connectivity index (χ1n) is 10.6. The van der Waals surface area contributed by atoms with Gasteiger partial charge in [-0.25, -0.2) is 0 Å². The second-order valence-electron chi connectivity index (χ2n) is 7.96. The maximum atomic E-state index is 13.7. The summed E-state index contributed by atoms with van der Waals surface area (Å²) in [6.45, 7) is 3.84. The summed E-state index contributed by atoms with van der Waals surface area (Å²) in [6.07, 6.45) is 1.95. The smallest absolute Gasteiger partial charge is 0.271 e. The highest BCUT2D eigenvalue weighted by Crippen LogP contribution is 2.45. The Morgan fingerprint density at radius 3 is 2.61 bits per heavy atom. The molecule has 0 spiro atoms. The van der Waals surface area contributed by atoms with Gasteiger partial charge in [0.25, 0.3) is 11.8 Å². The van der Waals surface area contributed by atoms with E-state index in [1.54, 1.807) is 53.4 Å². The number of hydrogen-bond donors (Lipinski definition) is 1. The van der Waals surface area contributed by atoms with Crippen molar-refractivity contribution in [1.82, 2.24) is 4.90 Å². The van der Waals surface area contributed by atoms with E-state index in [1.165, 1.54) is 11.8 Å². The average Bonchev–Trinajstić information content (AvgIpc) is 3.12. The summed E-state index contributed by atoms with van der Waals surface area (Å²) in [7, 11) is 0. The molecule has 0 saturated carbocycles. The number of para-hydroxylation sites is 1. The van der Waals surface area contributed by atoms with E-state index in [-0.39, 0.29) is 30.4 Å². The van der Waals surface area contributed by atoms with Gasteiger partial charge < -0.3 is 10.2 Å². The monoisotopic (exact) mass is 419 g/mol. The van der Waals surface area contributed by atoms with Gasteiger partial charge in [-0.05, 0) is 37.6 Å². The second-order valence-corrected chi connectivity index (χ2v) is 7.96. The summed E-state index contributed by atoms with van der Waals surface area (Å²) in [5.74, 6) is -0.993. The second kappa shape index (κ2) is 7.98. The van der Waals surface area contributed by atoms with Crippen molar-refractivity contribution in [2.24, 2.45) is 0 Å². The van der Waals surface area contributed by atoms with E-state index in [0.29, 0.717) is 35.5 Å². The van der Waals surface area contributed by atoms with Gasteiger partial charge in [-0.2, -0.15) is 0 Å². The Morgan fingerprint density at radius 1 is 1.10 bits per heavy atom. The van der Waals surface area contributed by atoms with Gasteiger partial charge in [-0.3, -0.25) is 24.1 Å². The molecule has 2 aliphatic heterocycles. The Balaban J connectivity index is 1.80. The number of Topliss-reactive ketones (excluding diaryl/α,β-unsaturated/α-hetero) is 1. The van der Waals surface area contributed by atoms with Gasteiger partial charge in [0.2, 0.25) is 11.6 Å². The molecule has 2 heterocycles. The number of anilines is 2. The van der Waals surface area contributed by atoms with Crippen LogP contribution in [0.4, 0.5) is 11.4 Å². The van der Waals surface area contributed by atoms with Crippen molar-refractivity contribution >= 4 is 34.9 Å². The molecule has 1 fully saturated rings. The molecule has 1 N–H and O–H groups in total. The molecule has 3 amide bonds. The van der Waals surface area contributed by atoms with Crippen molar-refractivity contribution in [3.8, 4) is 0 Å². The van der Waals surface area contributed by atoms with Gasteiger partial charge in [-0.1, -0.05) is 37.6 Å². The van der Waals surface area contributed by atoms with Crippen LogP contribution in [0.5, 0.6) is 0 Å². The van der Waals surface area contributed by atoms with Crippen LogP contribution in [-0.2, 0) is 9.59 Å². The topological polar surface area (TPSA) is 86.8 Å². The Morgan fingerprint density at radius 2 is 1.87 bits per heavy atom. The fourth-order valence-corrected chi connectivity index (χ4v) is 4.45. The SMILES string of the molecule is CCCCN1C(=O)c2ccccc2N2C(=O)CC[C@@]12C(=O)Nc1cccc(C(C)=O)c1. The molecular weight excluding hydrogens is 394 g/mol. The van der Waals surface area contributed by atoms with Crippen LogP contribution in [-0.4, -0.2) is 40.6 Å². The highest BCUT2D eigenvalue weighted by Gasteiger charge is 2.60. The molecule has 0 aliphatic carbocycles. The van der Waals surface area contributed by atoms with Gasteiger partial charge in [0, 0.05) is 30.6 Å². The lowest BCUT2D eigenvalue weighted by Crippen LogP contribution is -2.69. The number of hydrogen-bond acceptors (Lipinski definition) is 4. The van der Waals surface area contributed by atoms with Gasteiger partial charge in [0.05, 0.1) is 11.3 Å². The summed E-state index contributed by atoms with van der Waals surface area (Å²) in [6, 6.07) is 13.6. The molecular formula is C24H25N3O4. The Hall–Kier alpha value is -3.48. The highest BCUT2D eigenvalue weighted by atomic mass is 16.2. The van der Waals surface area contributed by atoms with E-state index < -0.39 is 11.6 Å². The molecule has 0 radical (unpaired) electrons. The number of rotatable bonds is 6. The number of ketones is 1. The first kappa shape index (κ1) is 20.8. The van der Waals surface area contributed by atoms with Crippen LogP contribution >= 0.6 is 0 Å². The normalized spacial score (nSPS) is 19.8. The zero-order valence-corrected chi connectivity index (χ0v) is 17.7. The number of unbranched alkanes of at least 4 members (excludes halogenated alkanes) is 1. The summed E-state index contributed by atoms with van der Waals surface area (Å²) in [4.78, 5) is 54.9. The minimum Gasteiger partial charge on any atom is -0.322 e. The third-order valence-electron chi connectivity index (χ3n) is 6.00. The molecule has 0 aromatic heterocycles. The van der Waals surface area contributed by atoms with E-state index in [0.717, 1.165) is 6.42 Å². The molecule has 2 aliphatic rings. The van der Waals surface area contributed by atoms with Crippen LogP contribution in [0, 0.1) is 0 Å². The van der Waals surface area contributed by atoms with Crippen molar-refractivity contribution in [2.75, 3.05) is 16.8 Å². The molecule has 160 valence electrons. The number of benzene rings is 2. The first-order chi connectivity index (χ1) is 14.9. The third-order valence-corrected chi connectivity index (χ3v) is 6.00. The Bertz CT molecular complexity index is 1080. The lowest BCUT2D eigenvalue weighted by atomic mass is 9.95. The van der Waals surface area contributed by atoms with Crippen LogP contribution < -0.4 is 10.2 Å². The van der Waals surface area contributed by atoms with Crippen LogP contribution in [0.15, 0.2) is 48.5 Å². The number of carbonyl (C=O) groups excluding carboxylic acids is 4. The first-order valence-corrected chi connectivity index (χ1v) is 10.6. The molecule has 2 aromatic rings. The average molecular weight is 419 g/mol. The molecule has 4 rings (SSSR count). The van der Waals surface area contributed by atoms with Crippen molar-refractivity contribution in [2.45, 2.75) is 45.2 Å². The zero-order chi connectivity index (χ0) is 22.2. The zero-order valence-electron chi connectivity index (χ0n) is 17.7. The number of amides is 3. The molecule has 31 heavy (non-hydrogen) atoms. The van der Waals surface area contributed by atoms with Gasteiger partial charge >= 0.3 is 0 Å². The lowest BCUT2D eigenvalue weighted by molar-refractivity contribution is -0.129. The van der Waals surface area contributed by atoms with Crippen LogP contribution in [0.2, 0.25) is 0 Å². The van der Waals surface area contributed by atoms with E-state index in [2.05, 4.69) is 5.32 Å². The standard InChI is InChI=1S/C24H25N3O4/c1-3-4-14-26-22(30)19-10-5-6-11-20(19)27-21(29)12-13-24(26,27)23(31)25-18-9-7-8-17(15-18)16(2)28/h5-11,15H,3-4,12-14H2,1-2H3,(H,25,31)/t24-/m1/s1.